The number of fused-ring (bicyclic) bond motifs is 1. The zero-order valence-electron chi connectivity index (χ0n) is 17.8. The van der Waals surface area contributed by atoms with E-state index in [9.17, 15) is 21.6 Å². The van der Waals surface area contributed by atoms with Crippen molar-refractivity contribution in [1.29, 1.82) is 0 Å². The van der Waals surface area contributed by atoms with Gasteiger partial charge in [-0.15, -0.1) is 0 Å². The van der Waals surface area contributed by atoms with Crippen molar-refractivity contribution in [2.45, 2.75) is 17.6 Å². The van der Waals surface area contributed by atoms with Gasteiger partial charge in [0.25, 0.3) is 0 Å². The molecular weight excluding hydrogens is 487 g/mol. The third-order valence-corrected chi connectivity index (χ3v) is 5.59. The third kappa shape index (κ3) is 6.14. The number of pyridine rings is 1. The molecule has 0 bridgehead atoms. The number of anilines is 2. The van der Waals surface area contributed by atoms with Crippen LogP contribution in [0.15, 0.2) is 59.9 Å². The molecule has 15 heteroatoms. The van der Waals surface area contributed by atoms with E-state index in [1.54, 1.807) is 12.1 Å². The van der Waals surface area contributed by atoms with Gasteiger partial charge < -0.3 is 5.73 Å². The second kappa shape index (κ2) is 9.36. The van der Waals surface area contributed by atoms with Crippen molar-refractivity contribution in [1.82, 2.24) is 30.3 Å². The number of halogens is 3. The van der Waals surface area contributed by atoms with Gasteiger partial charge in [-0.25, -0.2) is 43.9 Å². The Kier molecular flexibility index (Phi) is 6.47. The van der Waals surface area contributed by atoms with Crippen molar-refractivity contribution in [3.8, 4) is 11.4 Å². The number of rotatable bonds is 7. The molecule has 4 aromatic rings. The van der Waals surface area contributed by atoms with Crippen LogP contribution >= 0.6 is 0 Å². The Hall–Kier alpha value is -3.95. The highest BCUT2D eigenvalue weighted by molar-refractivity contribution is 7.89. The molecule has 0 saturated carbocycles. The maximum atomic E-state index is 12.9. The lowest BCUT2D eigenvalue weighted by molar-refractivity contribution is -0.125. The number of nitrogens with zero attached hydrogens (tertiary/aromatic N) is 6. The van der Waals surface area contributed by atoms with Crippen LogP contribution in [0.4, 0.5) is 24.9 Å². The number of nitrogens with one attached hydrogen (secondary N) is 1. The Balaban J connectivity index is 1.63. The van der Waals surface area contributed by atoms with Gasteiger partial charge in [0.2, 0.25) is 16.0 Å². The zero-order chi connectivity index (χ0) is 25.2. The van der Waals surface area contributed by atoms with E-state index in [-0.39, 0.29) is 23.2 Å². The maximum absolute atomic E-state index is 12.9. The fraction of sp³-hybridized carbons (Fsp3) is 0.150. The lowest BCUT2D eigenvalue weighted by Crippen LogP contribution is -2.44. The van der Waals surface area contributed by atoms with Crippen LogP contribution in [0.25, 0.3) is 22.4 Å². The van der Waals surface area contributed by atoms with Crippen LogP contribution < -0.4 is 21.3 Å². The molecule has 0 fully saturated rings. The van der Waals surface area contributed by atoms with E-state index in [1.807, 2.05) is 0 Å². The SMILES string of the molecule is Nc1cnc(-c2ccc3nc(N(Cc4ccc(S(N)(=O)=O)cc4)NCC(F)(F)F)ncc3n2)cn1. The Morgan fingerprint density at radius 3 is 2.26 bits per heavy atom. The van der Waals surface area contributed by atoms with Gasteiger partial charge in [-0.05, 0) is 29.8 Å². The van der Waals surface area contributed by atoms with Crippen molar-refractivity contribution in [3.63, 3.8) is 0 Å². The fourth-order valence-corrected chi connectivity index (χ4v) is 3.52. The third-order valence-electron chi connectivity index (χ3n) is 4.66. The molecule has 0 spiro atoms. The predicted molar refractivity (Wildman–Crippen MR) is 121 cm³/mol. The molecule has 0 aliphatic carbocycles. The first-order valence-electron chi connectivity index (χ1n) is 9.89. The molecule has 1 aromatic carbocycles. The van der Waals surface area contributed by atoms with Crippen molar-refractivity contribution in [2.24, 2.45) is 5.14 Å². The zero-order valence-corrected chi connectivity index (χ0v) is 18.6. The van der Waals surface area contributed by atoms with Gasteiger partial charge in [0.15, 0.2) is 0 Å². The van der Waals surface area contributed by atoms with Crippen LogP contribution in [0.5, 0.6) is 0 Å². The normalized spacial score (nSPS) is 12.1. The Labute approximate surface area is 197 Å². The van der Waals surface area contributed by atoms with Crippen molar-refractivity contribution >= 4 is 32.8 Å². The Morgan fingerprint density at radius 2 is 1.63 bits per heavy atom. The number of nitrogen functional groups attached to an aromatic ring is 1. The first-order valence-corrected chi connectivity index (χ1v) is 11.4. The molecule has 0 aliphatic heterocycles. The smallest absolute Gasteiger partial charge is 0.382 e. The fourth-order valence-electron chi connectivity index (χ4n) is 3.01. The van der Waals surface area contributed by atoms with Crippen LogP contribution in [-0.2, 0) is 16.6 Å². The number of hydrogen-bond acceptors (Lipinski definition) is 10. The van der Waals surface area contributed by atoms with Crippen molar-refractivity contribution in [2.75, 3.05) is 17.3 Å². The highest BCUT2D eigenvalue weighted by Gasteiger charge is 2.28. The number of alkyl halides is 3. The molecule has 35 heavy (non-hydrogen) atoms. The summed E-state index contributed by atoms with van der Waals surface area (Å²) in [6, 6.07) is 8.66. The minimum absolute atomic E-state index is 0.0425. The lowest BCUT2D eigenvalue weighted by atomic mass is 10.2. The van der Waals surface area contributed by atoms with Crippen LogP contribution in [-0.4, -0.2) is 46.1 Å². The van der Waals surface area contributed by atoms with Gasteiger partial charge in [0.05, 0.1) is 41.2 Å². The molecule has 182 valence electrons. The number of aromatic nitrogens is 5. The maximum Gasteiger partial charge on any atom is 0.402 e. The molecule has 0 atom stereocenters. The average Bonchev–Trinajstić information content (AvgIpc) is 2.81. The quantitative estimate of drug-likeness (QED) is 0.315. The molecule has 0 radical (unpaired) electrons. The second-order valence-electron chi connectivity index (χ2n) is 7.32. The molecule has 5 N–H and O–H groups in total. The summed E-state index contributed by atoms with van der Waals surface area (Å²) in [5, 5.41) is 6.20. The Bertz CT molecular complexity index is 1450. The lowest BCUT2D eigenvalue weighted by Gasteiger charge is -2.24. The van der Waals surface area contributed by atoms with E-state index in [2.05, 4.69) is 30.3 Å². The van der Waals surface area contributed by atoms with Crippen LogP contribution in [0.3, 0.4) is 0 Å². The summed E-state index contributed by atoms with van der Waals surface area (Å²) in [5.41, 5.74) is 10.0. The van der Waals surface area contributed by atoms with E-state index < -0.39 is 22.7 Å². The molecule has 0 unspecified atom stereocenters. The molecule has 0 aliphatic rings. The highest BCUT2D eigenvalue weighted by Crippen LogP contribution is 2.21. The number of hydrazine groups is 1. The average molecular weight is 505 g/mol. The summed E-state index contributed by atoms with van der Waals surface area (Å²) in [5.74, 6) is 0.215. The second-order valence-corrected chi connectivity index (χ2v) is 8.88. The van der Waals surface area contributed by atoms with Gasteiger partial charge in [-0.1, -0.05) is 12.1 Å². The summed E-state index contributed by atoms with van der Waals surface area (Å²) >= 11 is 0. The minimum Gasteiger partial charge on any atom is -0.382 e. The van der Waals surface area contributed by atoms with Gasteiger partial charge in [0, 0.05) is 0 Å². The number of sulfonamides is 1. The summed E-state index contributed by atoms with van der Waals surface area (Å²) < 4.78 is 61.6. The molecule has 0 saturated heterocycles. The van der Waals surface area contributed by atoms with Crippen LogP contribution in [0.1, 0.15) is 5.56 Å². The molecule has 4 rings (SSSR count). The van der Waals surface area contributed by atoms with E-state index in [4.69, 9.17) is 10.9 Å². The summed E-state index contributed by atoms with van der Waals surface area (Å²) in [7, 11) is -3.90. The minimum atomic E-state index is -4.50. The predicted octanol–water partition coefficient (Wildman–Crippen LogP) is 1.78. The van der Waals surface area contributed by atoms with Crippen LogP contribution in [0, 0.1) is 0 Å². The number of primary sulfonamides is 1. The topological polar surface area (TPSA) is 166 Å². The van der Waals surface area contributed by atoms with Gasteiger partial charge >= 0.3 is 6.18 Å². The summed E-state index contributed by atoms with van der Waals surface area (Å²) in [6.07, 6.45) is -0.273. The van der Waals surface area contributed by atoms with E-state index in [0.717, 1.165) is 5.01 Å². The van der Waals surface area contributed by atoms with Gasteiger partial charge in [-0.3, -0.25) is 5.01 Å². The van der Waals surface area contributed by atoms with Crippen LogP contribution in [0.2, 0.25) is 0 Å². The highest BCUT2D eigenvalue weighted by atomic mass is 32.2. The first kappa shape index (κ1) is 24.2. The standard InChI is InChI=1S/C20H18F3N9O2S/c21-20(22,23)11-29-32(10-12-1-3-13(4-2-12)35(25,33)34)19-28-8-17-15(31-19)6-5-14(30-17)16-7-27-18(24)9-26-16/h1-9,29H,10-11H2,(H2,24,27)(H2,25,33,34). The van der Waals surface area contributed by atoms with Gasteiger partial charge in [-0.2, -0.15) is 13.2 Å². The van der Waals surface area contributed by atoms with E-state index in [0.29, 0.717) is 28.0 Å². The monoisotopic (exact) mass is 505 g/mol. The number of hydrogen-bond donors (Lipinski definition) is 3. The molecule has 3 aromatic heterocycles. The summed E-state index contributed by atoms with van der Waals surface area (Å²) in [6.45, 7) is -1.43. The largest absolute Gasteiger partial charge is 0.402 e. The molecule has 3 heterocycles. The molecule has 0 amide bonds. The number of nitrogens with two attached hydrogens (primary N) is 2. The Morgan fingerprint density at radius 1 is 0.886 bits per heavy atom. The van der Waals surface area contributed by atoms with Crippen molar-refractivity contribution < 1.29 is 21.6 Å². The van der Waals surface area contributed by atoms with E-state index >= 15 is 0 Å². The van der Waals surface area contributed by atoms with E-state index in [1.165, 1.54) is 42.9 Å². The van der Waals surface area contributed by atoms with Crippen molar-refractivity contribution in [3.05, 3.63) is 60.6 Å². The first-order chi connectivity index (χ1) is 16.5. The molecule has 11 nitrogen and oxygen atoms in total. The number of benzene rings is 1. The molecular formula is C20H18F3N9O2S. The van der Waals surface area contributed by atoms with Gasteiger partial charge in [0.1, 0.15) is 23.6 Å². The summed E-state index contributed by atoms with van der Waals surface area (Å²) in [4.78, 5) is 20.9.